The van der Waals surface area contributed by atoms with Crippen LogP contribution in [-0.4, -0.2) is 17.1 Å². The Morgan fingerprint density at radius 1 is 1.53 bits per heavy atom. The number of rotatable bonds is 3. The lowest BCUT2D eigenvalue weighted by Crippen LogP contribution is -2.32. The molecule has 2 N–H and O–H groups in total. The Labute approximate surface area is 101 Å². The van der Waals surface area contributed by atoms with Crippen LogP contribution in [0.25, 0.3) is 0 Å². The standard InChI is InChI=1S/C13H17N3O/c14-8-13-10(3-2-6-16-13)9-17-12-5-1-4-11(15)7-12/h2-3,6,11-12H,1,4-5,7,9,15H2. The summed E-state index contributed by atoms with van der Waals surface area (Å²) < 4.78 is 5.81. The Hall–Kier alpha value is -1.44. The van der Waals surface area contributed by atoms with Gasteiger partial charge in [-0.1, -0.05) is 6.07 Å². The molecular weight excluding hydrogens is 214 g/mol. The normalized spacial score (nSPS) is 24.2. The Morgan fingerprint density at radius 2 is 2.41 bits per heavy atom. The van der Waals surface area contributed by atoms with E-state index in [1.54, 1.807) is 6.20 Å². The van der Waals surface area contributed by atoms with Crippen molar-refractivity contribution in [3.05, 3.63) is 29.6 Å². The van der Waals surface area contributed by atoms with Crippen molar-refractivity contribution in [1.29, 1.82) is 5.26 Å². The number of hydrogen-bond donors (Lipinski definition) is 1. The molecule has 90 valence electrons. The molecule has 2 unspecified atom stereocenters. The van der Waals surface area contributed by atoms with E-state index in [0.29, 0.717) is 12.3 Å². The second-order valence-corrected chi connectivity index (χ2v) is 4.48. The van der Waals surface area contributed by atoms with Crippen molar-refractivity contribution in [2.45, 2.75) is 44.4 Å². The molecule has 1 fully saturated rings. The maximum Gasteiger partial charge on any atom is 0.145 e. The number of aromatic nitrogens is 1. The van der Waals surface area contributed by atoms with E-state index in [2.05, 4.69) is 11.1 Å². The molecule has 1 aromatic rings. The highest BCUT2D eigenvalue weighted by Crippen LogP contribution is 2.21. The predicted molar refractivity (Wildman–Crippen MR) is 64.0 cm³/mol. The molecule has 17 heavy (non-hydrogen) atoms. The van der Waals surface area contributed by atoms with Crippen LogP contribution >= 0.6 is 0 Å². The number of nitrogens with zero attached hydrogens (tertiary/aromatic N) is 2. The summed E-state index contributed by atoms with van der Waals surface area (Å²) in [5, 5.41) is 8.91. The lowest BCUT2D eigenvalue weighted by atomic mass is 9.93. The summed E-state index contributed by atoms with van der Waals surface area (Å²) in [5.74, 6) is 0. The molecule has 1 heterocycles. The number of hydrogen-bond acceptors (Lipinski definition) is 4. The van der Waals surface area contributed by atoms with Crippen molar-refractivity contribution >= 4 is 0 Å². The summed E-state index contributed by atoms with van der Waals surface area (Å²) in [6.45, 7) is 0.452. The number of nitriles is 1. The minimum atomic E-state index is 0.227. The average Bonchev–Trinajstić information content (AvgIpc) is 2.37. The molecule has 1 aromatic heterocycles. The first-order valence-electron chi connectivity index (χ1n) is 6.01. The van der Waals surface area contributed by atoms with Gasteiger partial charge in [0.2, 0.25) is 0 Å². The maximum absolute atomic E-state index is 8.91. The molecule has 0 bridgehead atoms. The van der Waals surface area contributed by atoms with Crippen LogP contribution in [0.2, 0.25) is 0 Å². The van der Waals surface area contributed by atoms with E-state index >= 15 is 0 Å². The summed E-state index contributed by atoms with van der Waals surface area (Å²) in [4.78, 5) is 4.01. The van der Waals surface area contributed by atoms with Crippen molar-refractivity contribution in [2.75, 3.05) is 0 Å². The topological polar surface area (TPSA) is 71.9 Å². The molecule has 0 saturated heterocycles. The highest BCUT2D eigenvalue weighted by Gasteiger charge is 2.19. The zero-order chi connectivity index (χ0) is 12.1. The van der Waals surface area contributed by atoms with E-state index in [1.807, 2.05) is 12.1 Å². The molecule has 1 aliphatic rings. The average molecular weight is 231 g/mol. The van der Waals surface area contributed by atoms with Crippen LogP contribution in [0.4, 0.5) is 0 Å². The summed E-state index contributed by atoms with van der Waals surface area (Å²) >= 11 is 0. The van der Waals surface area contributed by atoms with E-state index in [-0.39, 0.29) is 12.1 Å². The van der Waals surface area contributed by atoms with Crippen LogP contribution in [0, 0.1) is 11.3 Å². The Bertz CT molecular complexity index is 413. The zero-order valence-corrected chi connectivity index (χ0v) is 9.80. The fourth-order valence-electron chi connectivity index (χ4n) is 2.20. The van der Waals surface area contributed by atoms with Crippen LogP contribution in [0.1, 0.15) is 36.9 Å². The molecule has 1 saturated carbocycles. The molecule has 0 amide bonds. The molecule has 0 aromatic carbocycles. The minimum absolute atomic E-state index is 0.227. The van der Waals surface area contributed by atoms with Crippen LogP contribution in [0.3, 0.4) is 0 Å². The SMILES string of the molecule is N#Cc1ncccc1COC1CCCC(N)C1. The maximum atomic E-state index is 8.91. The van der Waals surface area contributed by atoms with Gasteiger partial charge in [0.15, 0.2) is 0 Å². The third-order valence-electron chi connectivity index (χ3n) is 3.14. The molecule has 1 aliphatic carbocycles. The van der Waals surface area contributed by atoms with Crippen molar-refractivity contribution in [2.24, 2.45) is 5.73 Å². The Balaban J connectivity index is 1.91. The fourth-order valence-corrected chi connectivity index (χ4v) is 2.20. The molecule has 0 aliphatic heterocycles. The van der Waals surface area contributed by atoms with Crippen LogP contribution in [-0.2, 0) is 11.3 Å². The minimum Gasteiger partial charge on any atom is -0.373 e. The molecule has 2 rings (SSSR count). The number of nitrogens with two attached hydrogens (primary N) is 1. The quantitative estimate of drug-likeness (QED) is 0.860. The fraction of sp³-hybridized carbons (Fsp3) is 0.538. The van der Waals surface area contributed by atoms with Gasteiger partial charge in [-0.25, -0.2) is 4.98 Å². The second-order valence-electron chi connectivity index (χ2n) is 4.48. The van der Waals surface area contributed by atoms with Gasteiger partial charge >= 0.3 is 0 Å². The zero-order valence-electron chi connectivity index (χ0n) is 9.80. The lowest BCUT2D eigenvalue weighted by molar-refractivity contribution is 0.0120. The van der Waals surface area contributed by atoms with Crippen molar-refractivity contribution in [3.63, 3.8) is 0 Å². The summed E-state index contributed by atoms with van der Waals surface area (Å²) in [5.41, 5.74) is 7.21. The van der Waals surface area contributed by atoms with E-state index in [1.165, 1.54) is 0 Å². The van der Waals surface area contributed by atoms with Crippen LogP contribution < -0.4 is 5.73 Å². The third-order valence-corrected chi connectivity index (χ3v) is 3.14. The number of ether oxygens (including phenoxy) is 1. The van der Waals surface area contributed by atoms with Crippen molar-refractivity contribution < 1.29 is 4.74 Å². The summed E-state index contributed by atoms with van der Waals surface area (Å²) in [6.07, 6.45) is 6.06. The van der Waals surface area contributed by atoms with E-state index in [0.717, 1.165) is 31.2 Å². The monoisotopic (exact) mass is 231 g/mol. The van der Waals surface area contributed by atoms with Gasteiger partial charge in [-0.3, -0.25) is 0 Å². The summed E-state index contributed by atoms with van der Waals surface area (Å²) in [7, 11) is 0. The second kappa shape index (κ2) is 5.76. The molecule has 4 heteroatoms. The highest BCUT2D eigenvalue weighted by atomic mass is 16.5. The van der Waals surface area contributed by atoms with Gasteiger partial charge in [-0.05, 0) is 31.7 Å². The van der Waals surface area contributed by atoms with Gasteiger partial charge in [-0.15, -0.1) is 0 Å². The Morgan fingerprint density at radius 3 is 3.18 bits per heavy atom. The van der Waals surface area contributed by atoms with Crippen LogP contribution in [0.5, 0.6) is 0 Å². The van der Waals surface area contributed by atoms with E-state index in [4.69, 9.17) is 15.7 Å². The molecule has 0 spiro atoms. The van der Waals surface area contributed by atoms with Gasteiger partial charge in [0.25, 0.3) is 0 Å². The largest absolute Gasteiger partial charge is 0.373 e. The molecule has 0 radical (unpaired) electrons. The van der Waals surface area contributed by atoms with E-state index in [9.17, 15) is 0 Å². The van der Waals surface area contributed by atoms with Gasteiger partial charge in [0, 0.05) is 17.8 Å². The predicted octanol–water partition coefficient (Wildman–Crippen LogP) is 1.74. The van der Waals surface area contributed by atoms with Crippen molar-refractivity contribution in [1.82, 2.24) is 4.98 Å². The van der Waals surface area contributed by atoms with Gasteiger partial charge in [-0.2, -0.15) is 5.26 Å². The van der Waals surface area contributed by atoms with Gasteiger partial charge in [0.05, 0.1) is 12.7 Å². The number of pyridine rings is 1. The third kappa shape index (κ3) is 3.26. The molecule has 4 nitrogen and oxygen atoms in total. The first-order valence-corrected chi connectivity index (χ1v) is 6.01. The lowest BCUT2D eigenvalue weighted by Gasteiger charge is -2.26. The molecular formula is C13H17N3O. The first kappa shape index (κ1) is 12.0. The van der Waals surface area contributed by atoms with Gasteiger partial charge in [0.1, 0.15) is 11.8 Å². The van der Waals surface area contributed by atoms with Gasteiger partial charge < -0.3 is 10.5 Å². The van der Waals surface area contributed by atoms with Crippen molar-refractivity contribution in [3.8, 4) is 6.07 Å². The highest BCUT2D eigenvalue weighted by molar-refractivity contribution is 5.29. The Kier molecular flexibility index (Phi) is 4.08. The smallest absolute Gasteiger partial charge is 0.145 e. The van der Waals surface area contributed by atoms with E-state index < -0.39 is 0 Å². The summed E-state index contributed by atoms with van der Waals surface area (Å²) in [6, 6.07) is 6.05. The molecule has 2 atom stereocenters. The van der Waals surface area contributed by atoms with Crippen LogP contribution in [0.15, 0.2) is 18.3 Å². The first-order chi connectivity index (χ1) is 8.29.